The summed E-state index contributed by atoms with van der Waals surface area (Å²) in [5.41, 5.74) is 2.08. The molecule has 8 nitrogen and oxygen atoms in total. The van der Waals surface area contributed by atoms with Crippen molar-refractivity contribution in [1.82, 2.24) is 0 Å². The SMILES string of the molecule is C=C(C)C(=O)Oc1ccc(Cc2ccc(OC(=O)C(=C)C)c(OCC)c2OCC)c(OCC)c1OCC. The predicted octanol–water partition coefficient (Wildman–Crippen LogP) is 5.84. The fraction of sp³-hybridized carbons (Fsp3) is 0.379. The molecule has 0 aliphatic rings. The second-order valence-electron chi connectivity index (χ2n) is 8.01. The Kier molecular flexibility index (Phi) is 11.1. The van der Waals surface area contributed by atoms with Gasteiger partial charge in [0, 0.05) is 28.7 Å². The first-order valence-corrected chi connectivity index (χ1v) is 12.3. The summed E-state index contributed by atoms with van der Waals surface area (Å²) in [7, 11) is 0. The number of rotatable bonds is 14. The highest BCUT2D eigenvalue weighted by Gasteiger charge is 2.24. The molecule has 0 spiro atoms. The molecular weight excluding hydrogens is 476 g/mol. The lowest BCUT2D eigenvalue weighted by atomic mass is 10.0. The van der Waals surface area contributed by atoms with E-state index in [1.54, 1.807) is 38.1 Å². The van der Waals surface area contributed by atoms with Crippen LogP contribution in [0.25, 0.3) is 0 Å². The van der Waals surface area contributed by atoms with Crippen LogP contribution in [0.4, 0.5) is 0 Å². The van der Waals surface area contributed by atoms with Crippen molar-refractivity contribution in [3.05, 3.63) is 59.7 Å². The molecule has 0 aliphatic carbocycles. The Balaban J connectivity index is 2.63. The van der Waals surface area contributed by atoms with Crippen molar-refractivity contribution < 1.29 is 38.0 Å². The molecule has 0 radical (unpaired) electrons. The highest BCUT2D eigenvalue weighted by molar-refractivity contribution is 5.90. The van der Waals surface area contributed by atoms with Crippen molar-refractivity contribution in [2.24, 2.45) is 0 Å². The van der Waals surface area contributed by atoms with Gasteiger partial charge in [-0.25, -0.2) is 9.59 Å². The van der Waals surface area contributed by atoms with Crippen LogP contribution >= 0.6 is 0 Å². The van der Waals surface area contributed by atoms with Crippen LogP contribution < -0.4 is 28.4 Å². The Bertz CT molecular complexity index is 1060. The van der Waals surface area contributed by atoms with Gasteiger partial charge in [0.05, 0.1) is 26.4 Å². The van der Waals surface area contributed by atoms with Gasteiger partial charge < -0.3 is 28.4 Å². The third-order valence-electron chi connectivity index (χ3n) is 4.95. The van der Waals surface area contributed by atoms with Crippen molar-refractivity contribution in [2.75, 3.05) is 26.4 Å². The van der Waals surface area contributed by atoms with Crippen molar-refractivity contribution in [3.63, 3.8) is 0 Å². The number of ether oxygens (including phenoxy) is 6. The first-order chi connectivity index (χ1) is 17.7. The third-order valence-corrected chi connectivity index (χ3v) is 4.95. The van der Waals surface area contributed by atoms with E-state index in [9.17, 15) is 9.59 Å². The lowest BCUT2D eigenvalue weighted by molar-refractivity contribution is -0.131. The van der Waals surface area contributed by atoms with Gasteiger partial charge in [0.25, 0.3) is 0 Å². The predicted molar refractivity (Wildman–Crippen MR) is 141 cm³/mol. The van der Waals surface area contributed by atoms with Gasteiger partial charge in [-0.1, -0.05) is 25.3 Å². The molecule has 2 aromatic rings. The molecule has 37 heavy (non-hydrogen) atoms. The Morgan fingerprint density at radius 3 is 1.22 bits per heavy atom. The molecule has 0 heterocycles. The standard InChI is InChI=1S/C29H36O8/c1-9-32-24-20(13-15-22(26(24)34-11-3)36-28(30)18(5)6)17-21-14-16-23(37-29(31)19(7)8)27(35-12-4)25(21)33-10-2/h13-16H,5,7,9-12,17H2,1-4,6,8H3. The maximum atomic E-state index is 12.2. The summed E-state index contributed by atoms with van der Waals surface area (Å²) in [5, 5.41) is 0. The highest BCUT2D eigenvalue weighted by Crippen LogP contribution is 2.45. The third kappa shape index (κ3) is 7.52. The van der Waals surface area contributed by atoms with Crippen LogP contribution in [-0.2, 0) is 16.0 Å². The molecule has 0 amide bonds. The number of benzene rings is 2. The van der Waals surface area contributed by atoms with E-state index in [1.165, 1.54) is 0 Å². The summed E-state index contributed by atoms with van der Waals surface area (Å²) in [5.74, 6) is 0.919. The van der Waals surface area contributed by atoms with Crippen molar-refractivity contribution >= 4 is 11.9 Å². The minimum Gasteiger partial charge on any atom is -0.490 e. The number of carbonyl (C=O) groups excluding carboxylic acids is 2. The smallest absolute Gasteiger partial charge is 0.338 e. The summed E-state index contributed by atoms with van der Waals surface area (Å²) >= 11 is 0. The van der Waals surface area contributed by atoms with E-state index >= 15 is 0 Å². The Morgan fingerprint density at radius 1 is 0.595 bits per heavy atom. The topological polar surface area (TPSA) is 89.5 Å². The van der Waals surface area contributed by atoms with E-state index in [1.807, 2.05) is 27.7 Å². The van der Waals surface area contributed by atoms with Gasteiger partial charge in [0.2, 0.25) is 11.5 Å². The van der Waals surface area contributed by atoms with E-state index in [2.05, 4.69) is 13.2 Å². The van der Waals surface area contributed by atoms with Gasteiger partial charge in [0.1, 0.15) is 0 Å². The lowest BCUT2D eigenvalue weighted by Crippen LogP contribution is -2.12. The van der Waals surface area contributed by atoms with Crippen LogP contribution in [0.3, 0.4) is 0 Å². The fourth-order valence-electron chi connectivity index (χ4n) is 3.36. The van der Waals surface area contributed by atoms with E-state index in [4.69, 9.17) is 28.4 Å². The molecule has 0 saturated carbocycles. The molecule has 0 saturated heterocycles. The Labute approximate surface area is 218 Å². The minimum atomic E-state index is -0.559. The van der Waals surface area contributed by atoms with Crippen molar-refractivity contribution in [1.29, 1.82) is 0 Å². The number of hydrogen-bond acceptors (Lipinski definition) is 8. The van der Waals surface area contributed by atoms with Gasteiger partial charge >= 0.3 is 11.9 Å². The summed E-state index contributed by atoms with van der Waals surface area (Å²) in [6.07, 6.45) is 0.369. The van der Waals surface area contributed by atoms with Crippen LogP contribution in [0.5, 0.6) is 34.5 Å². The summed E-state index contributed by atoms with van der Waals surface area (Å²) < 4.78 is 34.6. The Hall–Kier alpha value is -3.94. The second kappa shape index (κ2) is 14.0. The number of hydrogen-bond donors (Lipinski definition) is 0. The largest absolute Gasteiger partial charge is 0.490 e. The van der Waals surface area contributed by atoms with Gasteiger partial charge in [-0.05, 0) is 53.7 Å². The molecular formula is C29H36O8. The molecule has 2 aromatic carbocycles. The highest BCUT2D eigenvalue weighted by atomic mass is 16.6. The fourth-order valence-corrected chi connectivity index (χ4v) is 3.36. The maximum Gasteiger partial charge on any atom is 0.338 e. The molecule has 0 fully saturated rings. The molecule has 200 valence electrons. The molecule has 0 bridgehead atoms. The van der Waals surface area contributed by atoms with Gasteiger partial charge in [-0.3, -0.25) is 0 Å². The van der Waals surface area contributed by atoms with Crippen LogP contribution in [-0.4, -0.2) is 38.4 Å². The molecule has 8 heteroatoms. The zero-order valence-corrected chi connectivity index (χ0v) is 22.5. The molecule has 2 rings (SSSR count). The van der Waals surface area contributed by atoms with Crippen molar-refractivity contribution in [2.45, 2.75) is 48.0 Å². The molecule has 0 aliphatic heterocycles. The van der Waals surface area contributed by atoms with E-state index in [0.717, 1.165) is 11.1 Å². The Morgan fingerprint density at radius 2 is 0.919 bits per heavy atom. The lowest BCUT2D eigenvalue weighted by Gasteiger charge is -2.21. The van der Waals surface area contributed by atoms with E-state index < -0.39 is 11.9 Å². The zero-order valence-electron chi connectivity index (χ0n) is 22.5. The van der Waals surface area contributed by atoms with E-state index in [0.29, 0.717) is 55.8 Å². The molecule has 0 atom stereocenters. The maximum absolute atomic E-state index is 12.2. The average Bonchev–Trinajstić information content (AvgIpc) is 2.85. The number of esters is 2. The monoisotopic (exact) mass is 512 g/mol. The molecule has 0 unspecified atom stereocenters. The van der Waals surface area contributed by atoms with Crippen LogP contribution in [0.2, 0.25) is 0 Å². The van der Waals surface area contributed by atoms with Gasteiger partial charge in [-0.15, -0.1) is 0 Å². The van der Waals surface area contributed by atoms with E-state index in [-0.39, 0.29) is 22.6 Å². The zero-order chi connectivity index (χ0) is 27.5. The minimum absolute atomic E-state index is 0.240. The second-order valence-corrected chi connectivity index (χ2v) is 8.01. The van der Waals surface area contributed by atoms with Crippen molar-refractivity contribution in [3.8, 4) is 34.5 Å². The summed E-state index contributed by atoms with van der Waals surface area (Å²) in [6, 6.07) is 6.94. The average molecular weight is 513 g/mol. The van der Waals surface area contributed by atoms with Crippen LogP contribution in [0.15, 0.2) is 48.6 Å². The summed E-state index contributed by atoms with van der Waals surface area (Å²) in [4.78, 5) is 24.4. The molecule has 0 aromatic heterocycles. The summed E-state index contributed by atoms with van der Waals surface area (Å²) in [6.45, 7) is 19.2. The van der Waals surface area contributed by atoms with Crippen LogP contribution in [0, 0.1) is 0 Å². The quantitative estimate of drug-likeness (QED) is 0.177. The first kappa shape index (κ1) is 29.3. The number of carbonyl (C=O) groups is 2. The van der Waals surface area contributed by atoms with Gasteiger partial charge in [0.15, 0.2) is 23.0 Å². The normalized spacial score (nSPS) is 10.3. The van der Waals surface area contributed by atoms with Gasteiger partial charge in [-0.2, -0.15) is 0 Å². The molecule has 0 N–H and O–H groups in total. The first-order valence-electron chi connectivity index (χ1n) is 12.3. The van der Waals surface area contributed by atoms with Crippen LogP contribution in [0.1, 0.15) is 52.7 Å².